The molecule has 0 atom stereocenters. The molecule has 1 aromatic carbocycles. The molecule has 0 unspecified atom stereocenters. The van der Waals surface area contributed by atoms with E-state index in [1.807, 2.05) is 12.1 Å². The molecule has 0 saturated heterocycles. The van der Waals surface area contributed by atoms with Gasteiger partial charge in [-0.2, -0.15) is 0 Å². The Kier molecular flexibility index (Phi) is 2.76. The SMILES string of the molecule is Nc1cc(S)c(I)c(S)c1. The number of nitrogens with two attached hydrogens (primary N) is 1. The highest BCUT2D eigenvalue weighted by molar-refractivity contribution is 14.1. The molecule has 2 N–H and O–H groups in total. The number of benzene rings is 1. The lowest BCUT2D eigenvalue weighted by Gasteiger charge is -2.01. The fourth-order valence-corrected chi connectivity index (χ4v) is 1.55. The van der Waals surface area contributed by atoms with E-state index in [0.717, 1.165) is 13.4 Å². The molecule has 0 spiro atoms. The lowest BCUT2D eigenvalue weighted by Crippen LogP contribution is -1.87. The Morgan fingerprint density at radius 3 is 2.00 bits per heavy atom. The summed E-state index contributed by atoms with van der Waals surface area (Å²) in [5.41, 5.74) is 6.23. The Labute approximate surface area is 84.3 Å². The van der Waals surface area contributed by atoms with Gasteiger partial charge in [-0.25, -0.2) is 0 Å². The van der Waals surface area contributed by atoms with Crippen LogP contribution in [0.4, 0.5) is 5.69 Å². The molecular formula is C6H6INS2. The Morgan fingerprint density at radius 1 is 1.20 bits per heavy atom. The van der Waals surface area contributed by atoms with E-state index in [1.54, 1.807) is 0 Å². The molecule has 0 radical (unpaired) electrons. The topological polar surface area (TPSA) is 26.0 Å². The van der Waals surface area contributed by atoms with Crippen LogP contribution in [-0.4, -0.2) is 0 Å². The summed E-state index contributed by atoms with van der Waals surface area (Å²) < 4.78 is 1.04. The Balaban J connectivity index is 3.31. The molecule has 0 bridgehead atoms. The minimum atomic E-state index is 0.704. The first-order valence-corrected chi connectivity index (χ1v) is 4.55. The molecule has 0 aromatic heterocycles. The largest absolute Gasteiger partial charge is 0.399 e. The van der Waals surface area contributed by atoms with Crippen molar-refractivity contribution in [3.8, 4) is 0 Å². The first-order valence-electron chi connectivity index (χ1n) is 2.58. The van der Waals surface area contributed by atoms with Gasteiger partial charge in [0.2, 0.25) is 0 Å². The van der Waals surface area contributed by atoms with Crippen LogP contribution in [0.1, 0.15) is 0 Å². The van der Waals surface area contributed by atoms with E-state index in [9.17, 15) is 0 Å². The van der Waals surface area contributed by atoms with Gasteiger partial charge in [-0.3, -0.25) is 0 Å². The van der Waals surface area contributed by atoms with E-state index in [2.05, 4.69) is 47.8 Å². The van der Waals surface area contributed by atoms with Gasteiger partial charge in [0.25, 0.3) is 0 Å². The van der Waals surface area contributed by atoms with E-state index in [4.69, 9.17) is 5.73 Å². The summed E-state index contributed by atoms with van der Waals surface area (Å²) in [5.74, 6) is 0. The zero-order valence-corrected chi connectivity index (χ0v) is 8.95. The Morgan fingerprint density at radius 2 is 1.60 bits per heavy atom. The summed E-state index contributed by atoms with van der Waals surface area (Å²) in [6.07, 6.45) is 0. The normalized spacial score (nSPS) is 9.90. The van der Waals surface area contributed by atoms with Crippen molar-refractivity contribution in [2.45, 2.75) is 9.79 Å². The quantitative estimate of drug-likeness (QED) is 0.380. The van der Waals surface area contributed by atoms with Crippen molar-refractivity contribution in [1.29, 1.82) is 0 Å². The summed E-state index contributed by atoms with van der Waals surface area (Å²) in [6.45, 7) is 0. The summed E-state index contributed by atoms with van der Waals surface area (Å²) in [7, 11) is 0. The molecule has 0 aliphatic rings. The van der Waals surface area contributed by atoms with Crippen LogP contribution in [0.5, 0.6) is 0 Å². The summed E-state index contributed by atoms with van der Waals surface area (Å²) in [5, 5.41) is 0. The first kappa shape index (κ1) is 8.55. The lowest BCUT2D eigenvalue weighted by molar-refractivity contribution is 1.29. The van der Waals surface area contributed by atoms with Crippen LogP contribution >= 0.6 is 47.8 Å². The van der Waals surface area contributed by atoms with Gasteiger partial charge in [0, 0.05) is 19.0 Å². The maximum atomic E-state index is 5.53. The molecule has 0 heterocycles. The van der Waals surface area contributed by atoms with Crippen molar-refractivity contribution in [1.82, 2.24) is 0 Å². The second-order valence-corrected chi connectivity index (χ2v) is 3.92. The lowest BCUT2D eigenvalue weighted by atomic mass is 10.3. The van der Waals surface area contributed by atoms with Crippen molar-refractivity contribution in [2.24, 2.45) is 0 Å². The van der Waals surface area contributed by atoms with Gasteiger partial charge < -0.3 is 5.73 Å². The highest BCUT2D eigenvalue weighted by Crippen LogP contribution is 2.26. The Hall–Kier alpha value is 0.450. The summed E-state index contributed by atoms with van der Waals surface area (Å²) in [4.78, 5) is 1.76. The van der Waals surface area contributed by atoms with E-state index in [-0.39, 0.29) is 0 Å². The number of hydrogen-bond donors (Lipinski definition) is 3. The number of anilines is 1. The third-order valence-corrected chi connectivity index (χ3v) is 3.78. The smallest absolute Gasteiger partial charge is 0.0398 e. The van der Waals surface area contributed by atoms with Crippen LogP contribution in [0.3, 0.4) is 0 Å². The predicted octanol–water partition coefficient (Wildman–Crippen LogP) is 2.45. The van der Waals surface area contributed by atoms with Gasteiger partial charge in [-0.1, -0.05) is 0 Å². The minimum absolute atomic E-state index is 0.704. The van der Waals surface area contributed by atoms with Crippen molar-refractivity contribution < 1.29 is 0 Å². The minimum Gasteiger partial charge on any atom is -0.399 e. The average Bonchev–Trinajstić information content (AvgIpc) is 1.82. The maximum absolute atomic E-state index is 5.53. The van der Waals surface area contributed by atoms with Crippen LogP contribution in [0.15, 0.2) is 21.9 Å². The highest BCUT2D eigenvalue weighted by atomic mass is 127. The van der Waals surface area contributed by atoms with Gasteiger partial charge in [0.05, 0.1) is 0 Å². The fraction of sp³-hybridized carbons (Fsp3) is 0. The molecule has 10 heavy (non-hydrogen) atoms. The molecule has 0 fully saturated rings. The third-order valence-electron chi connectivity index (χ3n) is 1.06. The van der Waals surface area contributed by atoms with Gasteiger partial charge in [-0.05, 0) is 34.7 Å². The van der Waals surface area contributed by atoms with Crippen LogP contribution in [-0.2, 0) is 0 Å². The second kappa shape index (κ2) is 3.23. The van der Waals surface area contributed by atoms with Crippen LogP contribution in [0, 0.1) is 3.57 Å². The molecule has 0 saturated carbocycles. The first-order chi connectivity index (χ1) is 4.61. The number of thiol groups is 2. The summed E-state index contributed by atoms with van der Waals surface area (Å²) >= 11 is 10.6. The van der Waals surface area contributed by atoms with Crippen molar-refractivity contribution in [3.63, 3.8) is 0 Å². The van der Waals surface area contributed by atoms with E-state index in [1.165, 1.54) is 0 Å². The zero-order valence-electron chi connectivity index (χ0n) is 5.00. The number of nitrogen functional groups attached to an aromatic ring is 1. The van der Waals surface area contributed by atoms with Crippen molar-refractivity contribution >= 4 is 53.5 Å². The predicted molar refractivity (Wildman–Crippen MR) is 58.1 cm³/mol. The van der Waals surface area contributed by atoms with E-state index >= 15 is 0 Å². The van der Waals surface area contributed by atoms with Crippen molar-refractivity contribution in [3.05, 3.63) is 15.7 Å². The molecule has 0 aliphatic carbocycles. The molecule has 4 heteroatoms. The fourth-order valence-electron chi connectivity index (χ4n) is 0.615. The van der Waals surface area contributed by atoms with Crippen LogP contribution in [0.2, 0.25) is 0 Å². The third kappa shape index (κ3) is 1.73. The molecular weight excluding hydrogens is 277 g/mol. The van der Waals surface area contributed by atoms with Gasteiger partial charge in [0.15, 0.2) is 0 Å². The second-order valence-electron chi connectivity index (χ2n) is 1.87. The zero-order chi connectivity index (χ0) is 7.72. The van der Waals surface area contributed by atoms with Crippen molar-refractivity contribution in [2.75, 3.05) is 5.73 Å². The summed E-state index contributed by atoms with van der Waals surface area (Å²) in [6, 6.07) is 3.62. The molecule has 1 nitrogen and oxygen atoms in total. The van der Waals surface area contributed by atoms with E-state index < -0.39 is 0 Å². The maximum Gasteiger partial charge on any atom is 0.0398 e. The Bertz CT molecular complexity index is 239. The molecule has 0 aliphatic heterocycles. The molecule has 54 valence electrons. The standard InChI is InChI=1S/C6H6INS2/c7-6-4(9)1-3(8)2-5(6)10/h1-2,9-10H,8H2. The average molecular weight is 283 g/mol. The van der Waals surface area contributed by atoms with E-state index in [0.29, 0.717) is 5.69 Å². The molecule has 1 aromatic rings. The van der Waals surface area contributed by atoms with Gasteiger partial charge >= 0.3 is 0 Å². The molecule has 1 rings (SSSR count). The molecule has 0 amide bonds. The number of hydrogen-bond acceptors (Lipinski definition) is 3. The van der Waals surface area contributed by atoms with Gasteiger partial charge in [-0.15, -0.1) is 25.3 Å². The highest BCUT2D eigenvalue weighted by Gasteiger charge is 1.99. The number of halogens is 1. The van der Waals surface area contributed by atoms with Crippen LogP contribution in [0.25, 0.3) is 0 Å². The monoisotopic (exact) mass is 283 g/mol. The number of rotatable bonds is 0. The van der Waals surface area contributed by atoms with Gasteiger partial charge in [0.1, 0.15) is 0 Å². The van der Waals surface area contributed by atoms with Crippen LogP contribution < -0.4 is 5.73 Å².